The van der Waals surface area contributed by atoms with Crippen molar-refractivity contribution in [3.05, 3.63) is 59.5 Å². The molecule has 6 rings (SSSR count). The molecule has 2 aromatic heterocycles. The largest absolute Gasteiger partial charge is 0.352 e. The summed E-state index contributed by atoms with van der Waals surface area (Å²) in [7, 11) is 1.90. The summed E-state index contributed by atoms with van der Waals surface area (Å²) < 4.78 is 32.2. The number of alkyl halides is 1. The van der Waals surface area contributed by atoms with Gasteiger partial charge >= 0.3 is 0 Å². The van der Waals surface area contributed by atoms with Crippen LogP contribution in [0.2, 0.25) is 0 Å². The molecule has 2 fully saturated rings. The van der Waals surface area contributed by atoms with Gasteiger partial charge in [0, 0.05) is 50.0 Å². The molecular weight excluding hydrogens is 557 g/mol. The normalized spacial score (nSPS) is 18.1. The van der Waals surface area contributed by atoms with Crippen molar-refractivity contribution < 1.29 is 13.6 Å². The Labute approximate surface area is 245 Å². The summed E-state index contributed by atoms with van der Waals surface area (Å²) in [6, 6.07) is 11.2. The summed E-state index contributed by atoms with van der Waals surface area (Å²) in [4.78, 5) is 19.8. The molecule has 2 N–H and O–H groups in total. The first-order chi connectivity index (χ1) is 18.5. The van der Waals surface area contributed by atoms with E-state index in [4.69, 9.17) is 4.98 Å². The number of fused-ring (bicyclic) bond motifs is 3. The molecular formula is C29H36Cl2F2N6O. The number of halogens is 4. The smallest absolute Gasteiger partial charge is 0.251 e. The molecule has 0 saturated carbocycles. The van der Waals surface area contributed by atoms with Gasteiger partial charge in [0.25, 0.3) is 5.91 Å². The lowest BCUT2D eigenvalue weighted by molar-refractivity contribution is 0.0950. The average Bonchev–Trinajstić information content (AvgIpc) is 3.66. The zero-order valence-electron chi connectivity index (χ0n) is 22.5. The molecule has 7 nitrogen and oxygen atoms in total. The number of aromatic nitrogens is 3. The van der Waals surface area contributed by atoms with Crippen LogP contribution in [0.5, 0.6) is 0 Å². The number of imidazole rings is 2. The lowest BCUT2D eigenvalue weighted by atomic mass is 10.0. The Morgan fingerprint density at radius 2 is 1.90 bits per heavy atom. The molecule has 0 unspecified atom stereocenters. The summed E-state index contributed by atoms with van der Waals surface area (Å²) >= 11 is 0. The fourth-order valence-corrected chi connectivity index (χ4v) is 5.82. The van der Waals surface area contributed by atoms with E-state index in [1.54, 1.807) is 6.07 Å². The zero-order valence-corrected chi connectivity index (χ0v) is 24.2. The van der Waals surface area contributed by atoms with Crippen molar-refractivity contribution in [2.75, 3.05) is 32.7 Å². The summed E-state index contributed by atoms with van der Waals surface area (Å²) in [5.41, 5.74) is 4.41. The van der Waals surface area contributed by atoms with Crippen molar-refractivity contribution in [3.8, 4) is 11.3 Å². The first-order valence-corrected chi connectivity index (χ1v) is 13.6. The maximum Gasteiger partial charge on any atom is 0.251 e. The zero-order chi connectivity index (χ0) is 26.2. The fourth-order valence-electron chi connectivity index (χ4n) is 5.82. The second kappa shape index (κ2) is 12.9. The monoisotopic (exact) mass is 592 g/mol. The Balaban J connectivity index is 0.00000185. The van der Waals surface area contributed by atoms with Crippen molar-refractivity contribution in [2.24, 2.45) is 7.05 Å². The number of hydrogen-bond acceptors (Lipinski definition) is 4. The van der Waals surface area contributed by atoms with Crippen LogP contribution in [-0.2, 0) is 7.05 Å². The van der Waals surface area contributed by atoms with E-state index in [1.165, 1.54) is 0 Å². The summed E-state index contributed by atoms with van der Waals surface area (Å²) in [6.45, 7) is 3.99. The van der Waals surface area contributed by atoms with Crippen molar-refractivity contribution in [1.82, 2.24) is 29.5 Å². The second-order valence-corrected chi connectivity index (χ2v) is 10.6. The summed E-state index contributed by atoms with van der Waals surface area (Å²) in [5.74, 6) is 0.299. The predicted octanol–water partition coefficient (Wildman–Crippen LogP) is 5.45. The van der Waals surface area contributed by atoms with Crippen LogP contribution in [0.1, 0.15) is 54.1 Å². The van der Waals surface area contributed by atoms with E-state index in [9.17, 15) is 9.18 Å². The number of piperidine rings is 1. The first-order valence-electron chi connectivity index (χ1n) is 13.6. The van der Waals surface area contributed by atoms with E-state index in [1.807, 2.05) is 52.5 Å². The highest BCUT2D eigenvalue weighted by Crippen LogP contribution is 2.30. The molecule has 0 aliphatic carbocycles. The highest BCUT2D eigenvalue weighted by Gasteiger charge is 2.21. The molecule has 1 atom stereocenters. The van der Waals surface area contributed by atoms with Crippen LogP contribution in [0.3, 0.4) is 0 Å². The van der Waals surface area contributed by atoms with Gasteiger partial charge in [-0.1, -0.05) is 6.07 Å². The molecule has 0 radical (unpaired) electrons. The van der Waals surface area contributed by atoms with Gasteiger partial charge in [-0.15, -0.1) is 24.8 Å². The third-order valence-electron chi connectivity index (χ3n) is 8.03. The molecule has 4 aromatic rings. The Morgan fingerprint density at radius 3 is 2.62 bits per heavy atom. The van der Waals surface area contributed by atoms with Gasteiger partial charge in [0.15, 0.2) is 0 Å². The minimum atomic E-state index is -0.667. The summed E-state index contributed by atoms with van der Waals surface area (Å²) in [5, 5.41) is 6.42. The van der Waals surface area contributed by atoms with Crippen LogP contribution in [-0.4, -0.2) is 63.7 Å². The van der Waals surface area contributed by atoms with Gasteiger partial charge in [0.1, 0.15) is 12.0 Å². The van der Waals surface area contributed by atoms with Crippen molar-refractivity contribution >= 4 is 47.5 Å². The number of rotatable bonds is 7. The number of benzene rings is 2. The van der Waals surface area contributed by atoms with E-state index >= 15 is 4.39 Å². The van der Waals surface area contributed by atoms with Crippen LogP contribution in [0.4, 0.5) is 8.78 Å². The highest BCUT2D eigenvalue weighted by molar-refractivity contribution is 5.98. The number of hydrogen-bond donors (Lipinski definition) is 2. The SMILES string of the molecule is Cl.Cl.Cn1c2cc(C(=O)NCCCN3CCC(F)CC3)ccc2n2cc(-c3ccc([C@@H]4CCCN4)cc3F)nc12. The van der Waals surface area contributed by atoms with Gasteiger partial charge in [0.2, 0.25) is 5.78 Å². The third kappa shape index (κ3) is 5.98. The maximum absolute atomic E-state index is 15.1. The molecule has 4 heterocycles. The minimum Gasteiger partial charge on any atom is -0.352 e. The van der Waals surface area contributed by atoms with Crippen LogP contribution in [0.25, 0.3) is 28.1 Å². The molecule has 0 spiro atoms. The number of likely N-dealkylation sites (tertiary alicyclic amines) is 1. The van der Waals surface area contributed by atoms with Gasteiger partial charge < -0.3 is 20.1 Å². The second-order valence-electron chi connectivity index (χ2n) is 10.6. The van der Waals surface area contributed by atoms with Gasteiger partial charge in [-0.05, 0) is 81.1 Å². The molecule has 11 heteroatoms. The van der Waals surface area contributed by atoms with Gasteiger partial charge in [-0.25, -0.2) is 13.8 Å². The van der Waals surface area contributed by atoms with Crippen LogP contribution in [0.15, 0.2) is 42.6 Å². The molecule has 2 aliphatic heterocycles. The Hall–Kier alpha value is -2.72. The molecule has 40 heavy (non-hydrogen) atoms. The van der Waals surface area contributed by atoms with E-state index < -0.39 is 6.17 Å². The highest BCUT2D eigenvalue weighted by atomic mass is 35.5. The van der Waals surface area contributed by atoms with Crippen molar-refractivity contribution in [3.63, 3.8) is 0 Å². The topological polar surface area (TPSA) is 66.6 Å². The third-order valence-corrected chi connectivity index (χ3v) is 8.03. The molecule has 2 aromatic carbocycles. The Morgan fingerprint density at radius 1 is 1.10 bits per heavy atom. The van der Waals surface area contributed by atoms with E-state index in [0.29, 0.717) is 42.0 Å². The van der Waals surface area contributed by atoms with Gasteiger partial charge in [-0.3, -0.25) is 9.20 Å². The first kappa shape index (κ1) is 30.2. The van der Waals surface area contributed by atoms with E-state index in [-0.39, 0.29) is 42.6 Å². The van der Waals surface area contributed by atoms with Gasteiger partial charge in [-0.2, -0.15) is 0 Å². The maximum atomic E-state index is 15.1. The number of amides is 1. The quantitative estimate of drug-likeness (QED) is 0.280. The number of nitrogens with one attached hydrogen (secondary N) is 2. The lowest BCUT2D eigenvalue weighted by Crippen LogP contribution is -2.36. The average molecular weight is 594 g/mol. The Kier molecular flexibility index (Phi) is 9.72. The fraction of sp³-hybridized carbons (Fsp3) is 0.448. The standard InChI is InChI=1S/C29H34F2N6O.2ClH/c1-35-27-17-20(28(38)33-12-3-13-36-14-9-21(30)10-15-36)6-8-26(27)37-18-25(34-29(35)37)22-7-5-19(16-23(22)31)24-4-2-11-32-24;;/h5-8,16-18,21,24,32H,2-4,9-15H2,1H3,(H,33,38);2*1H/t24-;;/m0../s1. The van der Waals surface area contributed by atoms with Crippen molar-refractivity contribution in [2.45, 2.75) is 44.3 Å². The Bertz CT molecular complexity index is 1470. The van der Waals surface area contributed by atoms with E-state index in [0.717, 1.165) is 62.0 Å². The number of carbonyl (C=O) groups excluding carboxylic acids is 1. The molecule has 1 amide bonds. The lowest BCUT2D eigenvalue weighted by Gasteiger charge is -2.28. The molecule has 0 bridgehead atoms. The predicted molar refractivity (Wildman–Crippen MR) is 159 cm³/mol. The minimum absolute atomic E-state index is 0. The number of aryl methyl sites for hydroxylation is 1. The van der Waals surface area contributed by atoms with Crippen LogP contribution >= 0.6 is 24.8 Å². The van der Waals surface area contributed by atoms with Crippen LogP contribution in [0, 0.1) is 5.82 Å². The molecule has 2 aliphatic rings. The summed E-state index contributed by atoms with van der Waals surface area (Å²) in [6.07, 6.45) is 5.37. The van der Waals surface area contributed by atoms with E-state index in [2.05, 4.69) is 15.5 Å². The van der Waals surface area contributed by atoms with Gasteiger partial charge in [0.05, 0.1) is 16.7 Å². The number of carbonyl (C=O) groups is 1. The molecule has 216 valence electrons. The molecule has 2 saturated heterocycles. The van der Waals surface area contributed by atoms with Crippen molar-refractivity contribution in [1.29, 1.82) is 0 Å². The van der Waals surface area contributed by atoms with Crippen LogP contribution < -0.4 is 10.6 Å². The number of nitrogens with zero attached hydrogens (tertiary/aromatic N) is 4.